The van der Waals surface area contributed by atoms with Crippen molar-refractivity contribution in [3.05, 3.63) is 59.7 Å². The first-order chi connectivity index (χ1) is 9.15. The van der Waals surface area contributed by atoms with E-state index in [0.29, 0.717) is 11.3 Å². The summed E-state index contributed by atoms with van der Waals surface area (Å²) in [4.78, 5) is 27.6. The first-order valence-corrected chi connectivity index (χ1v) is 5.87. The van der Waals surface area contributed by atoms with Crippen molar-refractivity contribution in [1.29, 1.82) is 0 Å². The normalized spacial score (nSPS) is 16.4. The molecule has 4 heteroatoms. The molecule has 0 unspecified atom stereocenters. The van der Waals surface area contributed by atoms with Gasteiger partial charge in [0, 0.05) is 0 Å². The largest absolute Gasteiger partial charge is 0.339 e. The van der Waals surface area contributed by atoms with Gasteiger partial charge in [-0.3, -0.25) is 4.79 Å². The second kappa shape index (κ2) is 5.91. The quantitative estimate of drug-likeness (QED) is 0.472. The lowest BCUT2D eigenvalue weighted by Gasteiger charge is -2.03. The summed E-state index contributed by atoms with van der Waals surface area (Å²) in [6.45, 7) is 1.69. The van der Waals surface area contributed by atoms with Gasteiger partial charge in [0.1, 0.15) is 5.71 Å². The third-order valence-electron chi connectivity index (χ3n) is 2.60. The maximum absolute atomic E-state index is 11.6. The van der Waals surface area contributed by atoms with Crippen molar-refractivity contribution >= 4 is 17.5 Å². The van der Waals surface area contributed by atoms with E-state index in [1.807, 2.05) is 30.3 Å². The van der Waals surface area contributed by atoms with Crippen LogP contribution in [0.2, 0.25) is 0 Å². The van der Waals surface area contributed by atoms with Crippen molar-refractivity contribution in [2.75, 3.05) is 0 Å². The average molecular weight is 255 g/mol. The maximum Gasteiger partial charge on any atom is 0.339 e. The lowest BCUT2D eigenvalue weighted by molar-refractivity contribution is -0.142. The Balaban J connectivity index is 1.94. The molecule has 0 amide bonds. The van der Waals surface area contributed by atoms with Crippen molar-refractivity contribution in [1.82, 2.24) is 0 Å². The van der Waals surface area contributed by atoms with Crippen LogP contribution in [0.15, 0.2) is 59.3 Å². The highest BCUT2D eigenvalue weighted by Crippen LogP contribution is 2.06. The van der Waals surface area contributed by atoms with Gasteiger partial charge in [-0.1, -0.05) is 35.5 Å². The molecule has 1 aliphatic rings. The average Bonchev–Trinajstić information content (AvgIpc) is 2.41. The van der Waals surface area contributed by atoms with Crippen LogP contribution in [0.5, 0.6) is 0 Å². The molecule has 0 fully saturated rings. The summed E-state index contributed by atoms with van der Waals surface area (Å²) in [6.07, 6.45) is 4.67. The van der Waals surface area contributed by atoms with Crippen LogP contribution in [0.1, 0.15) is 12.5 Å². The van der Waals surface area contributed by atoms with Crippen LogP contribution in [0.25, 0.3) is 0 Å². The standard InChI is InChI=1S/C15H13NO3/c1-11-9-13(7-8-14(11)17)16-19-15(18)10-12-5-3-2-4-6-12/h2-9H,10H2,1H3/b16-13-. The van der Waals surface area contributed by atoms with Crippen LogP contribution < -0.4 is 0 Å². The topological polar surface area (TPSA) is 55.7 Å². The highest BCUT2D eigenvalue weighted by molar-refractivity contribution is 6.18. The number of hydrogen-bond acceptors (Lipinski definition) is 4. The third kappa shape index (κ3) is 3.74. The van der Waals surface area contributed by atoms with Gasteiger partial charge in [-0.15, -0.1) is 0 Å². The predicted octanol–water partition coefficient (Wildman–Crippen LogP) is 2.21. The lowest BCUT2D eigenvalue weighted by Crippen LogP contribution is -2.08. The zero-order chi connectivity index (χ0) is 13.7. The van der Waals surface area contributed by atoms with Gasteiger partial charge in [0.25, 0.3) is 0 Å². The molecule has 1 aliphatic carbocycles. The van der Waals surface area contributed by atoms with Crippen LogP contribution in [-0.4, -0.2) is 17.5 Å². The van der Waals surface area contributed by atoms with E-state index in [1.54, 1.807) is 13.0 Å². The smallest absolute Gasteiger partial charge is 0.317 e. The van der Waals surface area contributed by atoms with Gasteiger partial charge in [0.15, 0.2) is 5.78 Å². The molecule has 0 saturated heterocycles. The molecule has 0 atom stereocenters. The molecule has 1 aromatic carbocycles. The number of carbonyl (C=O) groups is 2. The summed E-state index contributed by atoms with van der Waals surface area (Å²) in [6, 6.07) is 9.29. The highest BCUT2D eigenvalue weighted by atomic mass is 16.7. The summed E-state index contributed by atoms with van der Waals surface area (Å²) >= 11 is 0. The van der Waals surface area contributed by atoms with Gasteiger partial charge in [-0.05, 0) is 36.3 Å². The molecule has 0 spiro atoms. The second-order valence-corrected chi connectivity index (χ2v) is 4.17. The number of benzene rings is 1. The Labute approximate surface area is 111 Å². The molecular formula is C15H13NO3. The molecular weight excluding hydrogens is 242 g/mol. The van der Waals surface area contributed by atoms with Crippen molar-refractivity contribution in [3.8, 4) is 0 Å². The molecule has 0 radical (unpaired) electrons. The van der Waals surface area contributed by atoms with Crippen molar-refractivity contribution in [2.24, 2.45) is 5.16 Å². The molecule has 0 saturated carbocycles. The minimum Gasteiger partial charge on any atom is -0.317 e. The van der Waals surface area contributed by atoms with Gasteiger partial charge < -0.3 is 4.84 Å². The van der Waals surface area contributed by atoms with E-state index in [0.717, 1.165) is 5.56 Å². The Morgan fingerprint density at radius 3 is 2.63 bits per heavy atom. The Hall–Kier alpha value is -2.49. The summed E-state index contributed by atoms with van der Waals surface area (Å²) in [5.41, 5.74) is 1.90. The molecule has 2 rings (SSSR count). The van der Waals surface area contributed by atoms with Crippen molar-refractivity contribution in [2.45, 2.75) is 13.3 Å². The van der Waals surface area contributed by atoms with Crippen LogP contribution >= 0.6 is 0 Å². The Morgan fingerprint density at radius 2 is 1.95 bits per heavy atom. The van der Waals surface area contributed by atoms with Crippen LogP contribution in [0.4, 0.5) is 0 Å². The van der Waals surface area contributed by atoms with E-state index in [-0.39, 0.29) is 12.2 Å². The van der Waals surface area contributed by atoms with E-state index in [2.05, 4.69) is 5.16 Å². The second-order valence-electron chi connectivity index (χ2n) is 4.17. The number of rotatable bonds is 3. The van der Waals surface area contributed by atoms with Crippen LogP contribution in [-0.2, 0) is 20.8 Å². The van der Waals surface area contributed by atoms with Crippen LogP contribution in [0, 0.1) is 0 Å². The van der Waals surface area contributed by atoms with Gasteiger partial charge >= 0.3 is 5.97 Å². The number of hydrogen-bond donors (Lipinski definition) is 0. The van der Waals surface area contributed by atoms with Gasteiger partial charge in [-0.25, -0.2) is 4.79 Å². The monoisotopic (exact) mass is 255 g/mol. The molecule has 0 N–H and O–H groups in total. The molecule has 4 nitrogen and oxygen atoms in total. The molecule has 0 aliphatic heterocycles. The Kier molecular flexibility index (Phi) is 4.03. The molecule has 0 heterocycles. The van der Waals surface area contributed by atoms with Gasteiger partial charge in [0.05, 0.1) is 6.42 Å². The minimum absolute atomic E-state index is 0.0606. The zero-order valence-corrected chi connectivity index (χ0v) is 10.5. The van der Waals surface area contributed by atoms with E-state index >= 15 is 0 Å². The van der Waals surface area contributed by atoms with Crippen LogP contribution in [0.3, 0.4) is 0 Å². The number of carbonyl (C=O) groups excluding carboxylic acids is 2. The van der Waals surface area contributed by atoms with Crippen molar-refractivity contribution < 1.29 is 14.4 Å². The number of allylic oxidation sites excluding steroid dienone is 4. The molecule has 1 aromatic rings. The predicted molar refractivity (Wildman–Crippen MR) is 71.6 cm³/mol. The molecule has 19 heavy (non-hydrogen) atoms. The zero-order valence-electron chi connectivity index (χ0n) is 10.5. The molecule has 0 aromatic heterocycles. The lowest BCUT2D eigenvalue weighted by atomic mass is 10.1. The Bertz CT molecular complexity index is 583. The molecule has 0 bridgehead atoms. The Morgan fingerprint density at radius 1 is 1.21 bits per heavy atom. The van der Waals surface area contributed by atoms with E-state index < -0.39 is 5.97 Å². The van der Waals surface area contributed by atoms with Gasteiger partial charge in [0.2, 0.25) is 0 Å². The van der Waals surface area contributed by atoms with E-state index in [1.165, 1.54) is 12.2 Å². The summed E-state index contributed by atoms with van der Waals surface area (Å²) in [7, 11) is 0. The van der Waals surface area contributed by atoms with E-state index in [4.69, 9.17) is 4.84 Å². The summed E-state index contributed by atoms with van der Waals surface area (Å²) in [5.74, 6) is -0.496. The maximum atomic E-state index is 11.6. The number of nitrogens with zero attached hydrogens (tertiary/aromatic N) is 1. The number of ketones is 1. The minimum atomic E-state index is -0.435. The summed E-state index contributed by atoms with van der Waals surface area (Å²) in [5, 5.41) is 3.72. The SMILES string of the molecule is CC1=C/C(=N\OC(=O)Cc2ccccc2)C=CC1=O. The first kappa shape index (κ1) is 13.0. The third-order valence-corrected chi connectivity index (χ3v) is 2.60. The van der Waals surface area contributed by atoms with E-state index in [9.17, 15) is 9.59 Å². The summed E-state index contributed by atoms with van der Waals surface area (Å²) < 4.78 is 0. The fourth-order valence-electron chi connectivity index (χ4n) is 1.59. The number of oxime groups is 1. The molecule has 96 valence electrons. The van der Waals surface area contributed by atoms with Gasteiger partial charge in [-0.2, -0.15) is 0 Å². The fraction of sp³-hybridized carbons (Fsp3) is 0.133. The fourth-order valence-corrected chi connectivity index (χ4v) is 1.59. The van der Waals surface area contributed by atoms with Crippen molar-refractivity contribution in [3.63, 3.8) is 0 Å². The first-order valence-electron chi connectivity index (χ1n) is 5.87. The highest BCUT2D eigenvalue weighted by Gasteiger charge is 2.09.